The number of nitrogens with zero attached hydrogens (tertiary/aromatic N) is 1. The van der Waals surface area contributed by atoms with Crippen molar-refractivity contribution in [2.24, 2.45) is 5.73 Å². The zero-order valence-corrected chi connectivity index (χ0v) is 18.4. The van der Waals surface area contributed by atoms with Crippen LogP contribution in [0.15, 0.2) is 18.2 Å². The lowest BCUT2D eigenvalue weighted by atomic mass is 9.43. The molecule has 8 nitrogen and oxygen atoms in total. The molecule has 0 atom stereocenters. The molecule has 0 unspecified atom stereocenters. The van der Waals surface area contributed by atoms with Gasteiger partial charge in [0.25, 0.3) is 0 Å². The Bertz CT molecular complexity index is 954. The minimum atomic E-state index is -4.75. The summed E-state index contributed by atoms with van der Waals surface area (Å²) in [5, 5.41) is 4.96. The summed E-state index contributed by atoms with van der Waals surface area (Å²) >= 11 is 0. The average molecular weight is 474 g/mol. The first-order valence-electron chi connectivity index (χ1n) is 10.2. The minimum Gasteiger partial charge on any atom is -0.444 e. The van der Waals surface area contributed by atoms with E-state index in [1.165, 1.54) is 4.90 Å². The monoisotopic (exact) mass is 474 g/mol. The third-order valence-corrected chi connectivity index (χ3v) is 5.68. The molecule has 3 saturated carbocycles. The molecule has 3 fully saturated rings. The number of hydrogen-bond donors (Lipinski definition) is 3. The van der Waals surface area contributed by atoms with Crippen LogP contribution in [0.4, 0.5) is 27.2 Å². The van der Waals surface area contributed by atoms with Gasteiger partial charge in [0.1, 0.15) is 11.4 Å². The van der Waals surface area contributed by atoms with Crippen molar-refractivity contribution >= 4 is 18.0 Å². The fourth-order valence-electron chi connectivity index (χ4n) is 4.54. The maximum absolute atomic E-state index is 13.9. The van der Waals surface area contributed by atoms with E-state index in [9.17, 15) is 31.9 Å². The summed E-state index contributed by atoms with van der Waals surface area (Å²) in [4.78, 5) is 37.3. The average Bonchev–Trinajstić information content (AvgIpc) is 2.57. The van der Waals surface area contributed by atoms with Crippen LogP contribution in [0.25, 0.3) is 0 Å². The molecule has 0 aromatic heterocycles. The number of halogens is 4. The van der Waals surface area contributed by atoms with E-state index in [1.54, 1.807) is 20.8 Å². The number of nitrogens with one attached hydrogen (secondary N) is 2. The topological polar surface area (TPSA) is 114 Å². The number of primary amides is 1. The molecule has 4 amide bonds. The highest BCUT2D eigenvalue weighted by atomic mass is 19.4. The standard InChI is InChI=1S/C21H26F4N4O4/c1-18(2,3)33-17(32)28-19-9-20(10-19,11-19)29(15(30)7-27-16(26)31)8-12-4-13(21(23,24)25)6-14(22)5-12/h4-6H,7-11H2,1-3H3,(H,28,32)(H3,26,27,31). The van der Waals surface area contributed by atoms with Gasteiger partial charge in [0.15, 0.2) is 0 Å². The van der Waals surface area contributed by atoms with Gasteiger partial charge in [-0.2, -0.15) is 13.2 Å². The van der Waals surface area contributed by atoms with Crippen LogP contribution in [-0.4, -0.2) is 46.2 Å². The van der Waals surface area contributed by atoms with Crippen molar-refractivity contribution in [3.63, 3.8) is 0 Å². The molecule has 0 spiro atoms. The SMILES string of the molecule is CC(C)(C)OC(=O)NC12CC(N(Cc3cc(F)cc(C(F)(F)F)c3)C(=O)CNC(N)=O)(C1)C2. The van der Waals surface area contributed by atoms with Crippen LogP contribution in [0.5, 0.6) is 0 Å². The number of hydrogen-bond acceptors (Lipinski definition) is 4. The van der Waals surface area contributed by atoms with E-state index in [0.717, 1.165) is 12.1 Å². The summed E-state index contributed by atoms with van der Waals surface area (Å²) in [6.07, 6.45) is -4.31. The second-order valence-electron chi connectivity index (χ2n) is 9.71. The Balaban J connectivity index is 1.77. The first-order chi connectivity index (χ1) is 15.0. The number of benzene rings is 1. The van der Waals surface area contributed by atoms with Crippen LogP contribution in [-0.2, 0) is 22.3 Å². The summed E-state index contributed by atoms with van der Waals surface area (Å²) in [6, 6.07) is 1.15. The summed E-state index contributed by atoms with van der Waals surface area (Å²) < 4.78 is 58.4. The highest BCUT2D eigenvalue weighted by Crippen LogP contribution is 2.64. The molecule has 2 bridgehead atoms. The molecule has 4 rings (SSSR count). The van der Waals surface area contributed by atoms with Crippen LogP contribution < -0.4 is 16.4 Å². The van der Waals surface area contributed by atoms with Crippen LogP contribution >= 0.6 is 0 Å². The lowest BCUT2D eigenvalue weighted by molar-refractivity contribution is -0.190. The highest BCUT2D eigenvalue weighted by molar-refractivity contribution is 5.84. The number of ether oxygens (including phenoxy) is 1. The molecular weight excluding hydrogens is 448 g/mol. The normalized spacial score (nSPS) is 23.6. The molecule has 0 aliphatic heterocycles. The summed E-state index contributed by atoms with van der Waals surface area (Å²) in [6.45, 7) is 4.39. The Morgan fingerprint density at radius 2 is 1.73 bits per heavy atom. The summed E-state index contributed by atoms with van der Waals surface area (Å²) in [5.41, 5.74) is 1.78. The minimum absolute atomic E-state index is 0.0476. The van der Waals surface area contributed by atoms with E-state index in [1.807, 2.05) is 0 Å². The van der Waals surface area contributed by atoms with Gasteiger partial charge in [-0.05, 0) is 63.8 Å². The van der Waals surface area contributed by atoms with Gasteiger partial charge in [-0.1, -0.05) is 0 Å². The molecule has 0 radical (unpaired) electrons. The second kappa shape index (κ2) is 8.07. The maximum Gasteiger partial charge on any atom is 0.416 e. The molecule has 1 aromatic rings. The number of carbonyl (C=O) groups is 3. The van der Waals surface area contributed by atoms with E-state index in [-0.39, 0.29) is 12.1 Å². The molecule has 4 N–H and O–H groups in total. The van der Waals surface area contributed by atoms with Crippen LogP contribution in [0.2, 0.25) is 0 Å². The number of alkyl halides is 3. The van der Waals surface area contributed by atoms with Gasteiger partial charge in [0.2, 0.25) is 5.91 Å². The molecule has 33 heavy (non-hydrogen) atoms. The zero-order valence-electron chi connectivity index (χ0n) is 18.4. The number of alkyl carbamates (subject to hydrolysis) is 1. The number of rotatable bonds is 6. The Labute approximate surface area is 187 Å². The molecular formula is C21H26F4N4O4. The number of nitrogens with two attached hydrogens (primary N) is 1. The van der Waals surface area contributed by atoms with Crippen molar-refractivity contribution in [1.29, 1.82) is 0 Å². The van der Waals surface area contributed by atoms with E-state index < -0.39 is 58.8 Å². The Morgan fingerprint density at radius 3 is 2.24 bits per heavy atom. The molecule has 182 valence electrons. The largest absolute Gasteiger partial charge is 0.444 e. The summed E-state index contributed by atoms with van der Waals surface area (Å²) in [7, 11) is 0. The first-order valence-corrected chi connectivity index (χ1v) is 10.2. The third kappa shape index (κ3) is 5.48. The maximum atomic E-state index is 13.9. The predicted molar refractivity (Wildman–Crippen MR) is 108 cm³/mol. The van der Waals surface area contributed by atoms with Gasteiger partial charge >= 0.3 is 18.3 Å². The van der Waals surface area contributed by atoms with Gasteiger partial charge in [-0.15, -0.1) is 0 Å². The van der Waals surface area contributed by atoms with Gasteiger partial charge in [-0.25, -0.2) is 14.0 Å². The second-order valence-corrected chi connectivity index (χ2v) is 9.71. The number of urea groups is 1. The van der Waals surface area contributed by atoms with E-state index in [0.29, 0.717) is 25.3 Å². The van der Waals surface area contributed by atoms with Gasteiger partial charge in [0, 0.05) is 6.54 Å². The Morgan fingerprint density at radius 1 is 1.12 bits per heavy atom. The van der Waals surface area contributed by atoms with E-state index in [2.05, 4.69) is 10.6 Å². The molecule has 3 aliphatic carbocycles. The van der Waals surface area contributed by atoms with E-state index in [4.69, 9.17) is 10.5 Å². The quantitative estimate of drug-likeness (QED) is 0.550. The Kier molecular flexibility index (Phi) is 6.01. The lowest BCUT2D eigenvalue weighted by Gasteiger charge is -2.73. The first kappa shape index (κ1) is 24.6. The van der Waals surface area contributed by atoms with Gasteiger partial charge in [-0.3, -0.25) is 4.79 Å². The van der Waals surface area contributed by atoms with Crippen LogP contribution in [0, 0.1) is 5.82 Å². The lowest BCUT2D eigenvalue weighted by Crippen LogP contribution is -2.84. The summed E-state index contributed by atoms with van der Waals surface area (Å²) in [5.74, 6) is -1.67. The molecule has 3 aliphatic rings. The van der Waals surface area contributed by atoms with Gasteiger partial charge in [0.05, 0.1) is 23.2 Å². The fraction of sp³-hybridized carbons (Fsp3) is 0.571. The molecule has 0 heterocycles. The van der Waals surface area contributed by atoms with Gasteiger partial charge < -0.3 is 26.0 Å². The molecule has 1 aromatic carbocycles. The third-order valence-electron chi connectivity index (χ3n) is 5.68. The van der Waals surface area contributed by atoms with Crippen LogP contribution in [0.3, 0.4) is 0 Å². The van der Waals surface area contributed by atoms with Crippen molar-refractivity contribution in [2.75, 3.05) is 6.54 Å². The van der Waals surface area contributed by atoms with E-state index >= 15 is 0 Å². The van der Waals surface area contributed by atoms with Crippen molar-refractivity contribution in [3.05, 3.63) is 35.1 Å². The van der Waals surface area contributed by atoms with Crippen LogP contribution in [0.1, 0.15) is 51.2 Å². The Hall–Kier alpha value is -3.05. The van der Waals surface area contributed by atoms with Crippen molar-refractivity contribution < 1.29 is 36.7 Å². The highest BCUT2D eigenvalue weighted by Gasteiger charge is 2.72. The van der Waals surface area contributed by atoms with Crippen molar-refractivity contribution in [1.82, 2.24) is 15.5 Å². The smallest absolute Gasteiger partial charge is 0.416 e. The zero-order chi connectivity index (χ0) is 24.8. The van der Waals surface area contributed by atoms with Crippen molar-refractivity contribution in [3.8, 4) is 0 Å². The molecule has 0 saturated heterocycles. The predicted octanol–water partition coefficient (Wildman–Crippen LogP) is 3.04. The number of carbonyl (C=O) groups excluding carboxylic acids is 3. The number of amides is 4. The van der Waals surface area contributed by atoms with Crippen molar-refractivity contribution in [2.45, 2.75) is 69.4 Å². The molecule has 12 heteroatoms. The fourth-order valence-corrected chi connectivity index (χ4v) is 4.54.